The Bertz CT molecular complexity index is 1490. The van der Waals surface area contributed by atoms with Crippen molar-refractivity contribution in [2.75, 3.05) is 37.7 Å². The van der Waals surface area contributed by atoms with Gasteiger partial charge in [0, 0.05) is 28.9 Å². The smallest absolute Gasteiger partial charge is 0.268 e. The quantitative estimate of drug-likeness (QED) is 0.389. The molecule has 3 aromatic carbocycles. The Balaban J connectivity index is 0.00000323. The van der Waals surface area contributed by atoms with E-state index in [1.54, 1.807) is 11.0 Å². The van der Waals surface area contributed by atoms with E-state index in [1.165, 1.54) is 16.7 Å². The van der Waals surface area contributed by atoms with Gasteiger partial charge in [-0.2, -0.15) is 0 Å². The summed E-state index contributed by atoms with van der Waals surface area (Å²) in [7, 11) is 0. The number of benzene rings is 3. The maximum absolute atomic E-state index is 14.3. The van der Waals surface area contributed by atoms with Crippen LogP contribution in [0.3, 0.4) is 0 Å². The molecule has 2 aliphatic heterocycles. The molecule has 10 heteroatoms. The molecule has 0 saturated carbocycles. The largest absolute Gasteiger partial charge is 0.412 e. The van der Waals surface area contributed by atoms with Gasteiger partial charge in [-0.1, -0.05) is 60.7 Å². The summed E-state index contributed by atoms with van der Waals surface area (Å²) >= 11 is 1.52. The minimum absolute atomic E-state index is 0. The van der Waals surface area contributed by atoms with Crippen molar-refractivity contribution >= 4 is 46.1 Å². The third-order valence-corrected chi connectivity index (χ3v) is 8.49. The third kappa shape index (κ3) is 5.46. The van der Waals surface area contributed by atoms with Gasteiger partial charge >= 0.3 is 0 Å². The van der Waals surface area contributed by atoms with Crippen LogP contribution in [0.15, 0.2) is 89.8 Å². The molecule has 3 heterocycles. The maximum Gasteiger partial charge on any atom is 0.268 e. The lowest BCUT2D eigenvalue weighted by atomic mass is 10.0. The summed E-state index contributed by atoms with van der Waals surface area (Å²) in [5, 5.41) is 3.53. The molecule has 3 amide bonds. The zero-order valence-electron chi connectivity index (χ0n) is 21.7. The third-order valence-electron chi connectivity index (χ3n) is 7.09. The van der Waals surface area contributed by atoms with E-state index < -0.39 is 11.3 Å². The number of nitrogens with one attached hydrogen (secondary N) is 2. The lowest BCUT2D eigenvalue weighted by Crippen LogP contribution is -2.53. The molecule has 6 rings (SSSR count). The van der Waals surface area contributed by atoms with Crippen molar-refractivity contribution in [3.63, 3.8) is 0 Å². The second-order valence-corrected chi connectivity index (χ2v) is 10.7. The van der Waals surface area contributed by atoms with Crippen LogP contribution in [0.25, 0.3) is 10.9 Å². The first-order valence-corrected chi connectivity index (χ1v) is 13.8. The number of H-pyrrole nitrogens is 1. The number of fused-ring (bicyclic) bond motifs is 2. The molecular formula is C30H30N4O5S. The van der Waals surface area contributed by atoms with Gasteiger partial charge in [0.2, 0.25) is 5.91 Å². The van der Waals surface area contributed by atoms with Crippen molar-refractivity contribution in [3.8, 4) is 0 Å². The molecule has 0 aliphatic carbocycles. The summed E-state index contributed by atoms with van der Waals surface area (Å²) in [5.41, 5.74) is 2.79. The number of carbonyl (C=O) groups is 3. The second kappa shape index (κ2) is 12.0. The monoisotopic (exact) mass is 558 g/mol. The molecule has 4 N–H and O–H groups in total. The standard InChI is InChI=1S/C30H28N4O4S.H2O/c35-26(33-14-16-38-17-15-33)19-34-24-12-6-7-13-25(24)39-28(20-8-2-1-3-9-20)27(30(34)37)32-29(36)23-18-21-10-4-5-11-22(21)31-23;/h1-13,18,27-28,31H,14-17,19H2,(H,32,36);1H2/t27-,28-;/m1./s1. The summed E-state index contributed by atoms with van der Waals surface area (Å²) in [4.78, 5) is 48.5. The Labute approximate surface area is 235 Å². The summed E-state index contributed by atoms with van der Waals surface area (Å²) in [6.45, 7) is 1.82. The average molecular weight is 559 g/mol. The fraction of sp³-hybridized carbons (Fsp3) is 0.233. The Morgan fingerprint density at radius 1 is 0.950 bits per heavy atom. The molecule has 2 atom stereocenters. The van der Waals surface area contributed by atoms with Crippen molar-refractivity contribution in [1.29, 1.82) is 0 Å². The van der Waals surface area contributed by atoms with E-state index in [-0.39, 0.29) is 29.7 Å². The Hall–Kier alpha value is -4.12. The summed E-state index contributed by atoms with van der Waals surface area (Å²) in [6.07, 6.45) is 0. The average Bonchev–Trinajstić information content (AvgIpc) is 3.39. The molecule has 0 bridgehead atoms. The minimum atomic E-state index is -0.916. The number of ether oxygens (including phenoxy) is 1. The van der Waals surface area contributed by atoms with Gasteiger partial charge in [-0.15, -0.1) is 11.8 Å². The first-order valence-electron chi connectivity index (χ1n) is 12.9. The van der Waals surface area contributed by atoms with E-state index in [9.17, 15) is 14.4 Å². The van der Waals surface area contributed by atoms with Crippen molar-refractivity contribution in [2.24, 2.45) is 0 Å². The van der Waals surface area contributed by atoms with Gasteiger partial charge in [0.15, 0.2) is 0 Å². The van der Waals surface area contributed by atoms with Gasteiger partial charge < -0.3 is 30.3 Å². The lowest BCUT2D eigenvalue weighted by molar-refractivity contribution is -0.135. The van der Waals surface area contributed by atoms with Crippen LogP contribution in [-0.2, 0) is 14.3 Å². The van der Waals surface area contributed by atoms with Crippen LogP contribution < -0.4 is 10.2 Å². The van der Waals surface area contributed by atoms with Crippen LogP contribution in [0.1, 0.15) is 21.3 Å². The number of rotatable bonds is 5. The van der Waals surface area contributed by atoms with E-state index >= 15 is 0 Å². The number of hydrogen-bond acceptors (Lipinski definition) is 5. The Morgan fingerprint density at radius 2 is 1.65 bits per heavy atom. The fourth-order valence-corrected chi connectivity index (χ4v) is 6.41. The highest BCUT2D eigenvalue weighted by Gasteiger charge is 2.40. The summed E-state index contributed by atoms with van der Waals surface area (Å²) in [6, 6.07) is 25.8. The maximum atomic E-state index is 14.3. The highest BCUT2D eigenvalue weighted by molar-refractivity contribution is 7.99. The number of thioether (sulfide) groups is 1. The number of aromatic amines is 1. The van der Waals surface area contributed by atoms with Gasteiger partial charge in [-0.3, -0.25) is 14.4 Å². The molecule has 0 spiro atoms. The topological polar surface area (TPSA) is 126 Å². The lowest BCUT2D eigenvalue weighted by Gasteiger charge is -2.31. The van der Waals surface area contributed by atoms with E-state index in [2.05, 4.69) is 10.3 Å². The van der Waals surface area contributed by atoms with Gasteiger partial charge in [0.25, 0.3) is 11.8 Å². The van der Waals surface area contributed by atoms with E-state index in [0.29, 0.717) is 37.7 Å². The molecule has 1 fully saturated rings. The van der Waals surface area contributed by atoms with Crippen LogP contribution in [0, 0.1) is 0 Å². The zero-order valence-corrected chi connectivity index (χ0v) is 22.5. The molecule has 2 aliphatic rings. The van der Waals surface area contributed by atoms with Crippen molar-refractivity contribution in [2.45, 2.75) is 16.2 Å². The van der Waals surface area contributed by atoms with Crippen LogP contribution in [0.5, 0.6) is 0 Å². The van der Waals surface area contributed by atoms with Gasteiger partial charge in [0.1, 0.15) is 18.3 Å². The number of morpholine rings is 1. The number of nitrogens with zero attached hydrogens (tertiary/aromatic N) is 2. The SMILES string of the molecule is O.O=C(N[C@H]1C(=O)N(CC(=O)N2CCOCC2)c2ccccc2S[C@@H]1c1ccccc1)c1cc2ccccc2[nH]1. The molecule has 1 saturated heterocycles. The number of amides is 3. The van der Waals surface area contributed by atoms with Gasteiger partial charge in [-0.25, -0.2) is 0 Å². The van der Waals surface area contributed by atoms with Gasteiger partial charge in [0.05, 0.1) is 24.2 Å². The number of aromatic nitrogens is 1. The first-order chi connectivity index (χ1) is 19.1. The zero-order chi connectivity index (χ0) is 26.8. The van der Waals surface area contributed by atoms with Crippen molar-refractivity contribution < 1.29 is 24.6 Å². The molecule has 0 radical (unpaired) electrons. The fourth-order valence-electron chi connectivity index (χ4n) is 5.07. The molecule has 0 unspecified atom stereocenters. The van der Waals surface area contributed by atoms with E-state index in [0.717, 1.165) is 21.4 Å². The van der Waals surface area contributed by atoms with Crippen molar-refractivity contribution in [3.05, 3.63) is 96.2 Å². The normalized spacial score (nSPS) is 18.9. The molecule has 206 valence electrons. The Morgan fingerprint density at radius 3 is 2.42 bits per heavy atom. The molecule has 40 heavy (non-hydrogen) atoms. The van der Waals surface area contributed by atoms with Crippen LogP contribution in [0.4, 0.5) is 5.69 Å². The summed E-state index contributed by atoms with van der Waals surface area (Å²) in [5.74, 6) is -0.853. The highest BCUT2D eigenvalue weighted by atomic mass is 32.2. The molecule has 4 aromatic rings. The van der Waals surface area contributed by atoms with Crippen LogP contribution in [-0.4, -0.2) is 72.0 Å². The molecule has 1 aromatic heterocycles. The number of carbonyl (C=O) groups excluding carboxylic acids is 3. The second-order valence-electron chi connectivity index (χ2n) is 9.56. The summed E-state index contributed by atoms with van der Waals surface area (Å²) < 4.78 is 5.40. The van der Waals surface area contributed by atoms with Crippen LogP contribution >= 0.6 is 11.8 Å². The van der Waals surface area contributed by atoms with E-state index in [1.807, 2.05) is 78.9 Å². The molecule has 9 nitrogen and oxygen atoms in total. The number of para-hydroxylation sites is 2. The predicted octanol–water partition coefficient (Wildman–Crippen LogP) is 3.18. The van der Waals surface area contributed by atoms with Crippen molar-refractivity contribution in [1.82, 2.24) is 15.2 Å². The number of hydrogen-bond donors (Lipinski definition) is 2. The first kappa shape index (κ1) is 27.4. The Kier molecular flexibility index (Phi) is 8.20. The predicted molar refractivity (Wildman–Crippen MR) is 154 cm³/mol. The van der Waals surface area contributed by atoms with Crippen LogP contribution in [0.2, 0.25) is 0 Å². The van der Waals surface area contributed by atoms with E-state index in [4.69, 9.17) is 4.74 Å². The minimum Gasteiger partial charge on any atom is -0.412 e. The molecular weight excluding hydrogens is 528 g/mol. The van der Waals surface area contributed by atoms with Gasteiger partial charge in [-0.05, 0) is 29.8 Å². The number of anilines is 1. The highest BCUT2D eigenvalue weighted by Crippen LogP contribution is 2.45.